The summed E-state index contributed by atoms with van der Waals surface area (Å²) in [4.78, 5) is 34.2. The van der Waals surface area contributed by atoms with Crippen LogP contribution in [0.1, 0.15) is 33.0 Å². The summed E-state index contributed by atoms with van der Waals surface area (Å²) < 4.78 is 14.8. The van der Waals surface area contributed by atoms with E-state index in [0.29, 0.717) is 41.2 Å². The van der Waals surface area contributed by atoms with Crippen molar-refractivity contribution in [2.24, 2.45) is 0 Å². The van der Waals surface area contributed by atoms with Gasteiger partial charge >= 0.3 is 0 Å². The lowest BCUT2D eigenvalue weighted by molar-refractivity contribution is 0.0732. The van der Waals surface area contributed by atoms with Gasteiger partial charge in [0.05, 0.1) is 17.8 Å². The highest BCUT2D eigenvalue weighted by molar-refractivity contribution is 9.10. The van der Waals surface area contributed by atoms with E-state index in [0.717, 1.165) is 4.47 Å². The van der Waals surface area contributed by atoms with Gasteiger partial charge in [-0.25, -0.2) is 9.37 Å². The largest absolute Gasteiger partial charge is 0.334 e. The molecule has 0 aliphatic carbocycles. The Balaban J connectivity index is 1.56. The Morgan fingerprint density at radius 3 is 2.68 bits per heavy atom. The summed E-state index contributed by atoms with van der Waals surface area (Å²) in [7, 11) is 0. The monoisotopic (exact) mass is 441 g/mol. The maximum Gasteiger partial charge on any atom is 0.256 e. The van der Waals surface area contributed by atoms with Crippen molar-refractivity contribution in [1.29, 1.82) is 0 Å². The average Bonchev–Trinajstić information content (AvgIpc) is 2.70. The minimum atomic E-state index is -0.325. The number of halogens is 2. The molecule has 3 aromatic rings. The van der Waals surface area contributed by atoms with Crippen LogP contribution in [0.5, 0.6) is 0 Å². The molecular weight excluding hydrogens is 425 g/mol. The number of rotatable bonds is 3. The second kappa shape index (κ2) is 7.67. The molecule has 0 saturated carbocycles. The highest BCUT2D eigenvalue weighted by Crippen LogP contribution is 2.19. The van der Waals surface area contributed by atoms with Crippen LogP contribution >= 0.6 is 15.9 Å². The molecule has 1 aliphatic heterocycles. The van der Waals surface area contributed by atoms with Crippen molar-refractivity contribution >= 4 is 21.8 Å². The van der Waals surface area contributed by atoms with Gasteiger partial charge in [-0.2, -0.15) is 0 Å². The Bertz CT molecular complexity index is 1100. The molecule has 1 aliphatic rings. The standard InChI is InChI=1S/C21H17BrFN3O2/c22-15-7-5-13(6-8-15)21(28)26-10-9-18-16(12-26)20(27)25-19(24-18)11-14-3-1-2-4-17(14)23/h1-8H,9-12H2,(H,24,25,27). The minimum absolute atomic E-state index is 0.118. The Hall–Kier alpha value is -2.80. The van der Waals surface area contributed by atoms with E-state index in [1.165, 1.54) is 6.07 Å². The second-order valence-electron chi connectivity index (χ2n) is 6.69. The molecule has 142 valence electrons. The van der Waals surface area contributed by atoms with Gasteiger partial charge in [0.25, 0.3) is 11.5 Å². The lowest BCUT2D eigenvalue weighted by Gasteiger charge is -2.28. The average molecular weight is 442 g/mol. The van der Waals surface area contributed by atoms with Crippen molar-refractivity contribution in [3.63, 3.8) is 0 Å². The first-order valence-electron chi connectivity index (χ1n) is 8.90. The molecule has 2 aromatic carbocycles. The Morgan fingerprint density at radius 1 is 1.18 bits per heavy atom. The number of carbonyl (C=O) groups is 1. The van der Waals surface area contributed by atoms with Gasteiger partial charge in [0.2, 0.25) is 0 Å². The summed E-state index contributed by atoms with van der Waals surface area (Å²) in [5.74, 6) is -0.0105. The third kappa shape index (κ3) is 3.75. The lowest BCUT2D eigenvalue weighted by atomic mass is 10.0. The first kappa shape index (κ1) is 18.6. The number of nitrogens with one attached hydrogen (secondary N) is 1. The van der Waals surface area contributed by atoms with E-state index in [2.05, 4.69) is 25.9 Å². The first-order valence-corrected chi connectivity index (χ1v) is 9.70. The Kier molecular flexibility index (Phi) is 5.09. The van der Waals surface area contributed by atoms with Gasteiger partial charge in [0.15, 0.2) is 0 Å². The summed E-state index contributed by atoms with van der Waals surface area (Å²) in [6.07, 6.45) is 0.711. The summed E-state index contributed by atoms with van der Waals surface area (Å²) in [6.45, 7) is 0.698. The molecule has 5 nitrogen and oxygen atoms in total. The maximum absolute atomic E-state index is 13.9. The van der Waals surface area contributed by atoms with Crippen LogP contribution in [-0.4, -0.2) is 27.3 Å². The first-order chi connectivity index (χ1) is 13.5. The van der Waals surface area contributed by atoms with Gasteiger partial charge in [-0.1, -0.05) is 34.1 Å². The third-order valence-corrected chi connectivity index (χ3v) is 5.34. The van der Waals surface area contributed by atoms with E-state index in [1.807, 2.05) is 12.1 Å². The van der Waals surface area contributed by atoms with Gasteiger partial charge in [-0.15, -0.1) is 0 Å². The number of aromatic amines is 1. The highest BCUT2D eigenvalue weighted by Gasteiger charge is 2.25. The number of amides is 1. The van der Waals surface area contributed by atoms with Gasteiger partial charge in [-0.05, 0) is 35.9 Å². The molecule has 2 heterocycles. The minimum Gasteiger partial charge on any atom is -0.334 e. The zero-order valence-electron chi connectivity index (χ0n) is 14.9. The fourth-order valence-electron chi connectivity index (χ4n) is 3.33. The molecule has 1 N–H and O–H groups in total. The van der Waals surface area contributed by atoms with Crippen LogP contribution in [0.3, 0.4) is 0 Å². The molecule has 0 unspecified atom stereocenters. The number of hydrogen-bond donors (Lipinski definition) is 1. The van der Waals surface area contributed by atoms with Gasteiger partial charge < -0.3 is 9.88 Å². The van der Waals surface area contributed by atoms with E-state index in [9.17, 15) is 14.0 Å². The van der Waals surface area contributed by atoms with E-state index in [1.54, 1.807) is 35.2 Å². The molecule has 0 spiro atoms. The maximum atomic E-state index is 13.9. The van der Waals surface area contributed by atoms with Crippen LogP contribution in [-0.2, 0) is 19.4 Å². The van der Waals surface area contributed by atoms with Crippen LogP contribution in [0.2, 0.25) is 0 Å². The molecule has 0 atom stereocenters. The van der Waals surface area contributed by atoms with E-state index in [-0.39, 0.29) is 30.2 Å². The topological polar surface area (TPSA) is 66.1 Å². The van der Waals surface area contributed by atoms with Crippen molar-refractivity contribution in [2.75, 3.05) is 6.54 Å². The number of hydrogen-bond acceptors (Lipinski definition) is 3. The molecule has 1 amide bonds. The fraction of sp³-hybridized carbons (Fsp3) is 0.190. The quantitative estimate of drug-likeness (QED) is 0.676. The van der Waals surface area contributed by atoms with Crippen molar-refractivity contribution in [2.45, 2.75) is 19.4 Å². The van der Waals surface area contributed by atoms with E-state index in [4.69, 9.17) is 0 Å². The molecular formula is C21H17BrFN3O2. The molecule has 1 aromatic heterocycles. The van der Waals surface area contributed by atoms with Gasteiger partial charge in [-0.3, -0.25) is 9.59 Å². The second-order valence-corrected chi connectivity index (χ2v) is 7.61. The van der Waals surface area contributed by atoms with Crippen molar-refractivity contribution in [1.82, 2.24) is 14.9 Å². The zero-order valence-corrected chi connectivity index (χ0v) is 16.5. The third-order valence-electron chi connectivity index (χ3n) is 4.81. The SMILES string of the molecule is O=C(c1ccc(Br)cc1)N1CCc2nc(Cc3ccccc3F)[nH]c(=O)c2C1. The molecule has 0 bridgehead atoms. The van der Waals surface area contributed by atoms with Crippen LogP contribution in [0.4, 0.5) is 4.39 Å². The van der Waals surface area contributed by atoms with Crippen molar-refractivity contribution < 1.29 is 9.18 Å². The number of aromatic nitrogens is 2. The smallest absolute Gasteiger partial charge is 0.256 e. The summed E-state index contributed by atoms with van der Waals surface area (Å²) >= 11 is 3.35. The zero-order chi connectivity index (χ0) is 19.7. The van der Waals surface area contributed by atoms with Crippen LogP contribution < -0.4 is 5.56 Å². The van der Waals surface area contributed by atoms with Crippen molar-refractivity contribution in [3.05, 3.63) is 97.4 Å². The summed E-state index contributed by atoms with van der Waals surface area (Å²) in [5.41, 5.74) is 1.95. The number of nitrogens with zero attached hydrogens (tertiary/aromatic N) is 2. The highest BCUT2D eigenvalue weighted by atomic mass is 79.9. The summed E-state index contributed by atoms with van der Waals surface area (Å²) in [6, 6.07) is 13.6. The Labute approximate surface area is 169 Å². The number of carbonyl (C=O) groups excluding carboxylic acids is 1. The summed E-state index contributed by atoms with van der Waals surface area (Å²) in [5, 5.41) is 0. The Morgan fingerprint density at radius 2 is 1.93 bits per heavy atom. The molecule has 0 saturated heterocycles. The molecule has 28 heavy (non-hydrogen) atoms. The van der Waals surface area contributed by atoms with Gasteiger partial charge in [0.1, 0.15) is 11.6 Å². The molecule has 7 heteroatoms. The van der Waals surface area contributed by atoms with Crippen molar-refractivity contribution in [3.8, 4) is 0 Å². The normalized spacial score (nSPS) is 13.3. The fourth-order valence-corrected chi connectivity index (χ4v) is 3.60. The van der Waals surface area contributed by atoms with Crippen LogP contribution in [0.15, 0.2) is 57.8 Å². The number of fused-ring (bicyclic) bond motifs is 1. The van der Waals surface area contributed by atoms with Gasteiger partial charge in [0, 0.05) is 29.4 Å². The predicted octanol–water partition coefficient (Wildman–Crippen LogP) is 3.46. The molecule has 4 rings (SSSR count). The van der Waals surface area contributed by atoms with Crippen LogP contribution in [0, 0.1) is 5.82 Å². The number of H-pyrrole nitrogens is 1. The van der Waals surface area contributed by atoms with E-state index < -0.39 is 0 Å². The van der Waals surface area contributed by atoms with E-state index >= 15 is 0 Å². The number of benzene rings is 2. The molecule has 0 radical (unpaired) electrons. The van der Waals surface area contributed by atoms with Crippen LogP contribution in [0.25, 0.3) is 0 Å². The molecule has 0 fully saturated rings. The lowest BCUT2D eigenvalue weighted by Crippen LogP contribution is -2.39. The predicted molar refractivity (Wildman–Crippen MR) is 107 cm³/mol.